The summed E-state index contributed by atoms with van der Waals surface area (Å²) in [5.41, 5.74) is 0.178. The lowest BCUT2D eigenvalue weighted by Gasteiger charge is -2.24. The molecule has 1 atom stereocenters. The van der Waals surface area contributed by atoms with E-state index >= 15 is 0 Å². The minimum atomic E-state index is -0.953. The van der Waals surface area contributed by atoms with Gasteiger partial charge < -0.3 is 15.5 Å². The number of halogens is 4. The van der Waals surface area contributed by atoms with E-state index in [4.69, 9.17) is 23.2 Å². The summed E-state index contributed by atoms with van der Waals surface area (Å²) in [4.78, 5) is 38.8. The predicted molar refractivity (Wildman–Crippen MR) is 118 cm³/mol. The molecule has 170 valence electrons. The Morgan fingerprint density at radius 1 is 1.06 bits per heavy atom. The molecule has 32 heavy (non-hydrogen) atoms. The highest BCUT2D eigenvalue weighted by Gasteiger charge is 2.33. The van der Waals surface area contributed by atoms with E-state index in [0.29, 0.717) is 47.6 Å². The Hall–Kier alpha value is -2.71. The van der Waals surface area contributed by atoms with Gasteiger partial charge in [-0.3, -0.25) is 14.4 Å². The van der Waals surface area contributed by atoms with Gasteiger partial charge in [-0.25, -0.2) is 8.78 Å². The van der Waals surface area contributed by atoms with Gasteiger partial charge in [0.05, 0.1) is 5.56 Å². The first-order chi connectivity index (χ1) is 15.2. The Labute approximate surface area is 193 Å². The van der Waals surface area contributed by atoms with Gasteiger partial charge in [0.15, 0.2) is 0 Å². The van der Waals surface area contributed by atoms with Gasteiger partial charge in [-0.15, -0.1) is 0 Å². The summed E-state index contributed by atoms with van der Waals surface area (Å²) in [5.74, 6) is -2.95. The third-order valence-corrected chi connectivity index (χ3v) is 5.47. The minimum Gasteiger partial charge on any atom is -0.352 e. The lowest BCUT2D eigenvalue weighted by atomic mass is 10.1. The number of hydrogen-bond donors (Lipinski definition) is 2. The SMILES string of the molecule is O=C(NCCCC(=O)N1CCCC1C(=O)Nc1cc(Cl)cc(Cl)c1)c1ccc(F)cc1F. The smallest absolute Gasteiger partial charge is 0.254 e. The molecule has 2 aromatic rings. The molecule has 3 amide bonds. The van der Waals surface area contributed by atoms with Crippen molar-refractivity contribution < 1.29 is 23.2 Å². The fourth-order valence-electron chi connectivity index (χ4n) is 3.54. The quantitative estimate of drug-likeness (QED) is 0.572. The maximum absolute atomic E-state index is 13.6. The number of likely N-dealkylation sites (tertiary alicyclic amines) is 1. The summed E-state index contributed by atoms with van der Waals surface area (Å²) in [6.45, 7) is 0.591. The molecule has 1 unspecified atom stereocenters. The first kappa shape index (κ1) is 23.9. The highest BCUT2D eigenvalue weighted by molar-refractivity contribution is 6.35. The lowest BCUT2D eigenvalue weighted by molar-refractivity contribution is -0.136. The molecular weight excluding hydrogens is 463 g/mol. The molecule has 10 heteroatoms. The van der Waals surface area contributed by atoms with Crippen molar-refractivity contribution in [3.05, 3.63) is 63.6 Å². The zero-order valence-electron chi connectivity index (χ0n) is 17.0. The molecule has 0 radical (unpaired) electrons. The summed E-state index contributed by atoms with van der Waals surface area (Å²) < 4.78 is 26.6. The number of carbonyl (C=O) groups excluding carboxylic acids is 3. The van der Waals surface area contributed by atoms with Crippen LogP contribution in [0.1, 0.15) is 36.0 Å². The van der Waals surface area contributed by atoms with Crippen molar-refractivity contribution in [2.75, 3.05) is 18.4 Å². The molecule has 1 heterocycles. The van der Waals surface area contributed by atoms with E-state index in [9.17, 15) is 23.2 Å². The van der Waals surface area contributed by atoms with E-state index in [2.05, 4.69) is 10.6 Å². The molecule has 3 rings (SSSR count). The average molecular weight is 484 g/mol. The fourth-order valence-corrected chi connectivity index (χ4v) is 4.07. The summed E-state index contributed by atoms with van der Waals surface area (Å²) in [7, 11) is 0. The summed E-state index contributed by atoms with van der Waals surface area (Å²) >= 11 is 11.9. The molecule has 2 aromatic carbocycles. The standard InChI is InChI=1S/C22H21Cl2F2N3O3/c23-13-9-14(24)11-16(10-13)28-22(32)19-3-2-8-29(19)20(30)4-1-7-27-21(31)17-6-5-15(25)12-18(17)26/h5-6,9-12,19H,1-4,7-8H2,(H,27,31)(H,28,32). The van der Waals surface area contributed by atoms with Crippen molar-refractivity contribution in [3.8, 4) is 0 Å². The maximum Gasteiger partial charge on any atom is 0.254 e. The van der Waals surface area contributed by atoms with Crippen LogP contribution in [0.25, 0.3) is 0 Å². The highest BCUT2D eigenvalue weighted by atomic mass is 35.5. The summed E-state index contributed by atoms with van der Waals surface area (Å²) in [6.07, 6.45) is 1.65. The normalized spacial score (nSPS) is 15.5. The van der Waals surface area contributed by atoms with Crippen LogP contribution in [0.5, 0.6) is 0 Å². The zero-order chi connectivity index (χ0) is 23.3. The third-order valence-electron chi connectivity index (χ3n) is 5.03. The second kappa shape index (κ2) is 10.7. The van der Waals surface area contributed by atoms with E-state index in [0.717, 1.165) is 12.1 Å². The molecule has 1 saturated heterocycles. The Kier molecular flexibility index (Phi) is 8.04. The van der Waals surface area contributed by atoms with Crippen LogP contribution in [0.2, 0.25) is 10.0 Å². The summed E-state index contributed by atoms with van der Waals surface area (Å²) in [6, 6.07) is 6.77. The van der Waals surface area contributed by atoms with E-state index in [1.54, 1.807) is 18.2 Å². The summed E-state index contributed by atoms with van der Waals surface area (Å²) in [5, 5.41) is 6.01. The van der Waals surface area contributed by atoms with Gasteiger partial charge in [-0.2, -0.15) is 0 Å². The van der Waals surface area contributed by atoms with Crippen LogP contribution in [0.4, 0.5) is 14.5 Å². The van der Waals surface area contributed by atoms with E-state index < -0.39 is 23.6 Å². The molecule has 0 saturated carbocycles. The molecular formula is C22H21Cl2F2N3O3. The zero-order valence-corrected chi connectivity index (χ0v) is 18.5. The van der Waals surface area contributed by atoms with Gasteiger partial charge in [0, 0.05) is 41.3 Å². The number of anilines is 1. The lowest BCUT2D eigenvalue weighted by Crippen LogP contribution is -2.43. The van der Waals surface area contributed by atoms with Crippen LogP contribution < -0.4 is 10.6 Å². The molecule has 1 aliphatic rings. The van der Waals surface area contributed by atoms with Crippen molar-refractivity contribution in [1.29, 1.82) is 0 Å². The third kappa shape index (κ3) is 6.17. The molecule has 1 fully saturated rings. The number of nitrogens with one attached hydrogen (secondary N) is 2. The van der Waals surface area contributed by atoms with Crippen LogP contribution in [0, 0.1) is 11.6 Å². The topological polar surface area (TPSA) is 78.5 Å². The number of rotatable bonds is 7. The molecule has 0 aromatic heterocycles. The van der Waals surface area contributed by atoms with E-state index in [-0.39, 0.29) is 30.3 Å². The van der Waals surface area contributed by atoms with Crippen molar-refractivity contribution in [2.24, 2.45) is 0 Å². The van der Waals surface area contributed by atoms with Gasteiger partial charge in [0.2, 0.25) is 11.8 Å². The Morgan fingerprint density at radius 3 is 2.47 bits per heavy atom. The van der Waals surface area contributed by atoms with E-state index in [1.165, 1.54) is 4.90 Å². The van der Waals surface area contributed by atoms with E-state index in [1.807, 2.05) is 0 Å². The van der Waals surface area contributed by atoms with Crippen molar-refractivity contribution >= 4 is 46.6 Å². The van der Waals surface area contributed by atoms with Crippen LogP contribution in [-0.4, -0.2) is 41.8 Å². The van der Waals surface area contributed by atoms with Crippen LogP contribution in [-0.2, 0) is 9.59 Å². The van der Waals surface area contributed by atoms with Gasteiger partial charge >= 0.3 is 0 Å². The predicted octanol–water partition coefficient (Wildman–Crippen LogP) is 4.41. The van der Waals surface area contributed by atoms with Crippen LogP contribution >= 0.6 is 23.2 Å². The number of nitrogens with zero attached hydrogens (tertiary/aromatic N) is 1. The molecule has 0 aliphatic carbocycles. The highest BCUT2D eigenvalue weighted by Crippen LogP contribution is 2.25. The number of hydrogen-bond acceptors (Lipinski definition) is 3. The monoisotopic (exact) mass is 483 g/mol. The first-order valence-electron chi connectivity index (χ1n) is 10.0. The average Bonchev–Trinajstić information content (AvgIpc) is 3.20. The Balaban J connectivity index is 1.48. The number of amides is 3. The second-order valence-corrected chi connectivity index (χ2v) is 8.25. The van der Waals surface area contributed by atoms with Crippen molar-refractivity contribution in [1.82, 2.24) is 10.2 Å². The molecule has 6 nitrogen and oxygen atoms in total. The molecule has 0 bridgehead atoms. The van der Waals surface area contributed by atoms with Gasteiger partial charge in [-0.1, -0.05) is 23.2 Å². The fraction of sp³-hybridized carbons (Fsp3) is 0.318. The number of benzene rings is 2. The first-order valence-corrected chi connectivity index (χ1v) is 10.8. The van der Waals surface area contributed by atoms with Gasteiger partial charge in [0.25, 0.3) is 5.91 Å². The Morgan fingerprint density at radius 2 is 1.78 bits per heavy atom. The maximum atomic E-state index is 13.6. The molecule has 1 aliphatic heterocycles. The van der Waals surface area contributed by atoms with Gasteiger partial charge in [-0.05, 0) is 49.6 Å². The van der Waals surface area contributed by atoms with Crippen LogP contribution in [0.3, 0.4) is 0 Å². The van der Waals surface area contributed by atoms with Crippen LogP contribution in [0.15, 0.2) is 36.4 Å². The van der Waals surface area contributed by atoms with Gasteiger partial charge in [0.1, 0.15) is 17.7 Å². The Bertz CT molecular complexity index is 1020. The molecule has 0 spiro atoms. The largest absolute Gasteiger partial charge is 0.352 e. The number of carbonyl (C=O) groups is 3. The molecule has 2 N–H and O–H groups in total. The van der Waals surface area contributed by atoms with Crippen molar-refractivity contribution in [2.45, 2.75) is 31.7 Å². The minimum absolute atomic E-state index is 0.110. The van der Waals surface area contributed by atoms with Crippen molar-refractivity contribution in [3.63, 3.8) is 0 Å². The second-order valence-electron chi connectivity index (χ2n) is 7.38.